The van der Waals surface area contributed by atoms with Gasteiger partial charge in [-0.2, -0.15) is 0 Å². The van der Waals surface area contributed by atoms with Crippen molar-refractivity contribution in [1.82, 2.24) is 4.98 Å². The topological polar surface area (TPSA) is 93.7 Å². The van der Waals surface area contributed by atoms with Crippen LogP contribution in [0.3, 0.4) is 0 Å². The zero-order valence-electron chi connectivity index (χ0n) is 9.20. The van der Waals surface area contributed by atoms with Crippen LogP contribution in [0.15, 0.2) is 9.59 Å². The molecule has 18 heavy (non-hydrogen) atoms. The average molecular weight is 243 g/mol. The number of hydrogen-bond donors (Lipinski definition) is 0. The molecule has 0 saturated heterocycles. The quantitative estimate of drug-likeness (QED) is 0.349. The molecule has 0 spiro atoms. The summed E-state index contributed by atoms with van der Waals surface area (Å²) in [5, 5.41) is 0.186. The summed E-state index contributed by atoms with van der Waals surface area (Å²) in [4.78, 5) is 49.7. The largest absolute Gasteiger partial charge is 0.447 e. The van der Waals surface area contributed by atoms with Gasteiger partial charge in [0.2, 0.25) is 17.0 Å². The molecule has 1 aromatic carbocycles. The first-order valence-corrected chi connectivity index (χ1v) is 5.48. The summed E-state index contributed by atoms with van der Waals surface area (Å²) < 4.78 is 5.14. The number of aromatic nitrogens is 1. The van der Waals surface area contributed by atoms with E-state index in [1.54, 1.807) is 6.92 Å². The predicted molar refractivity (Wildman–Crippen MR) is 58.7 cm³/mol. The average Bonchev–Trinajstić information content (AvgIpc) is 3.26. The van der Waals surface area contributed by atoms with Crippen molar-refractivity contribution in [2.75, 3.05) is 0 Å². The van der Waals surface area contributed by atoms with Crippen LogP contribution in [-0.2, 0) is 15.0 Å². The Hall–Kier alpha value is -2.37. The van der Waals surface area contributed by atoms with Crippen LogP contribution in [0.4, 0.5) is 0 Å². The van der Waals surface area contributed by atoms with Crippen molar-refractivity contribution < 1.29 is 14.3 Å². The minimum atomic E-state index is -1.24. The fourth-order valence-corrected chi connectivity index (χ4v) is 2.52. The fraction of sp³-hybridized carbons (Fsp3) is 0.250. The standard InChI is InChI=1S/C12H5NO5/c1-2-12(10(16)11(12)17)9-8-7(18-8)3-4(13-9)6(15)5(3)14/h2H2,1H3. The summed E-state index contributed by atoms with van der Waals surface area (Å²) in [5.41, 5.74) is -2.32. The second kappa shape index (κ2) is 2.40. The molecule has 0 radical (unpaired) electrons. The van der Waals surface area contributed by atoms with Gasteiger partial charge < -0.3 is 4.74 Å². The van der Waals surface area contributed by atoms with Gasteiger partial charge in [0.1, 0.15) is 22.0 Å². The van der Waals surface area contributed by atoms with Crippen molar-refractivity contribution >= 4 is 22.5 Å². The van der Waals surface area contributed by atoms with E-state index in [0.717, 1.165) is 0 Å². The van der Waals surface area contributed by atoms with Crippen LogP contribution in [0.2, 0.25) is 0 Å². The van der Waals surface area contributed by atoms with Crippen molar-refractivity contribution in [3.05, 3.63) is 26.1 Å². The molecule has 1 aliphatic heterocycles. The molecule has 1 aliphatic carbocycles. The Labute approximate surface area is 98.9 Å². The highest BCUT2D eigenvalue weighted by Crippen LogP contribution is 2.58. The zero-order chi connectivity index (χ0) is 12.8. The Kier molecular flexibility index (Phi) is 1.29. The molecule has 0 bridgehead atoms. The molecule has 1 saturated carbocycles. The van der Waals surface area contributed by atoms with Gasteiger partial charge in [0, 0.05) is 0 Å². The molecule has 88 valence electrons. The summed E-state index contributed by atoms with van der Waals surface area (Å²) in [6.07, 6.45) is 0.286. The van der Waals surface area contributed by atoms with E-state index in [9.17, 15) is 19.2 Å². The van der Waals surface area contributed by atoms with Crippen molar-refractivity contribution in [2.45, 2.75) is 18.8 Å². The van der Waals surface area contributed by atoms with E-state index in [0.29, 0.717) is 11.5 Å². The summed E-state index contributed by atoms with van der Waals surface area (Å²) in [7, 11) is 0. The molecule has 6 heteroatoms. The van der Waals surface area contributed by atoms with Crippen LogP contribution in [0.25, 0.3) is 10.9 Å². The van der Waals surface area contributed by atoms with Crippen LogP contribution < -0.4 is 15.6 Å². The van der Waals surface area contributed by atoms with Gasteiger partial charge in [-0.1, -0.05) is 6.92 Å². The molecule has 1 fully saturated rings. The number of carbonyl (C=O) groups is 2. The molecule has 0 amide bonds. The third-order valence-electron chi connectivity index (χ3n) is 3.77. The summed E-state index contributed by atoms with van der Waals surface area (Å²) in [5.74, 6) is -0.392. The van der Waals surface area contributed by atoms with Crippen LogP contribution in [0.1, 0.15) is 19.0 Å². The van der Waals surface area contributed by atoms with Gasteiger partial charge in [0.05, 0.1) is 0 Å². The lowest BCUT2D eigenvalue weighted by Crippen LogP contribution is -2.31. The molecular formula is C12H5NO5. The lowest BCUT2D eigenvalue weighted by atomic mass is 9.96. The van der Waals surface area contributed by atoms with Gasteiger partial charge in [0.25, 0.3) is 5.43 Å². The molecule has 6 nitrogen and oxygen atoms in total. The van der Waals surface area contributed by atoms with Crippen LogP contribution in [0, 0.1) is 0 Å². The molecule has 2 heterocycles. The van der Waals surface area contributed by atoms with Crippen LogP contribution in [0.5, 0.6) is 11.5 Å². The van der Waals surface area contributed by atoms with E-state index in [4.69, 9.17) is 4.74 Å². The molecule has 2 aromatic rings. The van der Waals surface area contributed by atoms with Gasteiger partial charge in [-0.15, -0.1) is 0 Å². The molecule has 0 N–H and O–H groups in total. The third-order valence-corrected chi connectivity index (χ3v) is 3.77. The summed E-state index contributed by atoms with van der Waals surface area (Å²) >= 11 is 0. The van der Waals surface area contributed by atoms with Gasteiger partial charge in [-0.05, 0) is 6.42 Å². The van der Waals surface area contributed by atoms with Crippen molar-refractivity contribution in [1.29, 1.82) is 0 Å². The predicted octanol–water partition coefficient (Wildman–Crippen LogP) is -0.264. The summed E-state index contributed by atoms with van der Waals surface area (Å²) in [6.45, 7) is 1.70. The highest BCUT2D eigenvalue weighted by molar-refractivity contribution is 6.66. The lowest BCUT2D eigenvalue weighted by Gasteiger charge is -2.05. The zero-order valence-corrected chi connectivity index (χ0v) is 9.20. The van der Waals surface area contributed by atoms with E-state index in [1.807, 2.05) is 0 Å². The third kappa shape index (κ3) is 0.729. The Morgan fingerprint density at radius 1 is 1.06 bits per heavy atom. The summed E-state index contributed by atoms with van der Waals surface area (Å²) in [6, 6.07) is 0. The number of rotatable bonds is 2. The highest BCUT2D eigenvalue weighted by atomic mass is 16.6. The first-order chi connectivity index (χ1) is 8.54. The number of Topliss-reactive ketones (excluding diaryl/α,β-unsaturated/α-hetero) is 2. The van der Waals surface area contributed by atoms with Gasteiger partial charge in [-0.25, -0.2) is 4.98 Å². The second-order valence-corrected chi connectivity index (χ2v) is 4.52. The van der Waals surface area contributed by atoms with Crippen molar-refractivity contribution in [3.8, 4) is 11.5 Å². The minimum Gasteiger partial charge on any atom is -0.447 e. The number of pyridine rings is 1. The maximum Gasteiger partial charge on any atom is 0.252 e. The smallest absolute Gasteiger partial charge is 0.252 e. The van der Waals surface area contributed by atoms with Gasteiger partial charge >= 0.3 is 0 Å². The highest BCUT2D eigenvalue weighted by Gasteiger charge is 2.68. The molecule has 4 rings (SSSR count). The number of carbonyl (C=O) groups excluding carboxylic acids is 2. The maximum atomic E-state index is 11.5. The monoisotopic (exact) mass is 243 g/mol. The van der Waals surface area contributed by atoms with Crippen LogP contribution in [-0.4, -0.2) is 16.6 Å². The molecule has 2 aliphatic rings. The van der Waals surface area contributed by atoms with E-state index in [2.05, 4.69) is 4.98 Å². The normalized spacial score (nSPS) is 18.9. The molecule has 0 unspecified atom stereocenters. The lowest BCUT2D eigenvalue weighted by molar-refractivity contribution is -0.122. The first kappa shape index (κ1) is 9.64. The maximum absolute atomic E-state index is 11.5. The Balaban J connectivity index is 2.06. The molecule has 0 atom stereocenters. The Bertz CT molecular complexity index is 855. The number of ketones is 2. The Morgan fingerprint density at radius 2 is 1.72 bits per heavy atom. The number of nitrogens with zero attached hydrogens (tertiary/aromatic N) is 1. The van der Waals surface area contributed by atoms with Crippen molar-refractivity contribution in [3.63, 3.8) is 0 Å². The first-order valence-electron chi connectivity index (χ1n) is 5.48. The number of ether oxygens (including phenoxy) is 1. The minimum absolute atomic E-state index is 0.0200. The second-order valence-electron chi connectivity index (χ2n) is 4.52. The van der Waals surface area contributed by atoms with E-state index in [1.165, 1.54) is 0 Å². The van der Waals surface area contributed by atoms with E-state index in [-0.39, 0.29) is 23.0 Å². The fourth-order valence-electron chi connectivity index (χ4n) is 2.52. The number of hydrogen-bond acceptors (Lipinski definition) is 6. The molecular weight excluding hydrogens is 238 g/mol. The van der Waals surface area contributed by atoms with Gasteiger partial charge in [-0.3, -0.25) is 19.2 Å². The number of fused-ring (bicyclic) bond motifs is 3. The SMILES string of the molecule is CCC1(c2nc3c(=O)c(=O)c3c3c2O3)C(=O)C1=O. The van der Waals surface area contributed by atoms with Crippen molar-refractivity contribution in [2.24, 2.45) is 0 Å². The molecule has 1 aromatic heterocycles. The van der Waals surface area contributed by atoms with Crippen LogP contribution >= 0.6 is 0 Å². The van der Waals surface area contributed by atoms with E-state index >= 15 is 0 Å². The van der Waals surface area contributed by atoms with Gasteiger partial charge in [0.15, 0.2) is 11.5 Å². The van der Waals surface area contributed by atoms with E-state index < -0.39 is 27.8 Å². The Morgan fingerprint density at radius 3 is 2.28 bits per heavy atom.